The molecule has 0 amide bonds. The second-order valence-electron chi connectivity index (χ2n) is 10.0. The van der Waals surface area contributed by atoms with Crippen molar-refractivity contribution in [3.8, 4) is 11.5 Å². The van der Waals surface area contributed by atoms with Gasteiger partial charge in [-0.3, -0.25) is 14.3 Å². The fourth-order valence-electron chi connectivity index (χ4n) is 5.34. The molecule has 3 aromatic carbocycles. The number of nitrogens with one attached hydrogen (secondary N) is 1. The van der Waals surface area contributed by atoms with Gasteiger partial charge in [-0.1, -0.05) is 54.6 Å². The predicted octanol–water partition coefficient (Wildman–Crippen LogP) is 5.13. The lowest BCUT2D eigenvalue weighted by atomic mass is 9.79. The third-order valence-electron chi connectivity index (χ3n) is 7.49. The van der Waals surface area contributed by atoms with Gasteiger partial charge in [-0.05, 0) is 52.4 Å². The lowest BCUT2D eigenvalue weighted by molar-refractivity contribution is -0.0956. The third kappa shape index (κ3) is 6.46. The number of H-pyrrole nitrogens is 1. The van der Waals surface area contributed by atoms with Gasteiger partial charge in [0.2, 0.25) is 0 Å². The van der Waals surface area contributed by atoms with Gasteiger partial charge in [-0.25, -0.2) is 4.79 Å². The molecule has 43 heavy (non-hydrogen) atoms. The van der Waals surface area contributed by atoms with Crippen molar-refractivity contribution in [2.24, 2.45) is 0 Å². The van der Waals surface area contributed by atoms with Crippen molar-refractivity contribution in [1.29, 1.82) is 0 Å². The van der Waals surface area contributed by atoms with Crippen LogP contribution in [-0.2, 0) is 24.2 Å². The molecular weight excluding hydrogens is 591 g/mol. The van der Waals surface area contributed by atoms with Crippen LogP contribution < -0.4 is 20.7 Å². The number of hydrogen-bond acceptors (Lipinski definition) is 8. The third-order valence-corrected chi connectivity index (χ3v) is 8.20. The van der Waals surface area contributed by atoms with Crippen LogP contribution in [0.2, 0.25) is 0 Å². The highest BCUT2D eigenvalue weighted by atomic mass is 32.7. The van der Waals surface area contributed by atoms with Gasteiger partial charge in [-0.15, -0.1) is 4.52 Å². The second-order valence-corrected chi connectivity index (χ2v) is 11.8. The normalized spacial score (nSPS) is 18.8. The van der Waals surface area contributed by atoms with E-state index in [9.17, 15) is 14.2 Å². The molecular formula is C31H32N2O8PS+. The van der Waals surface area contributed by atoms with Crippen molar-refractivity contribution in [2.75, 3.05) is 20.8 Å². The summed E-state index contributed by atoms with van der Waals surface area (Å²) in [6, 6.07) is 25.0. The van der Waals surface area contributed by atoms with Gasteiger partial charge in [0.05, 0.1) is 20.3 Å². The first-order chi connectivity index (χ1) is 20.7. The van der Waals surface area contributed by atoms with Crippen LogP contribution >= 0.6 is 19.5 Å². The van der Waals surface area contributed by atoms with E-state index in [0.717, 1.165) is 16.7 Å². The average Bonchev–Trinajstić information content (AvgIpc) is 3.43. The molecule has 1 unspecified atom stereocenters. The Kier molecular flexibility index (Phi) is 9.49. The molecule has 4 atom stereocenters. The van der Waals surface area contributed by atoms with E-state index in [0.29, 0.717) is 17.1 Å². The minimum atomic E-state index is -2.23. The molecule has 0 saturated carbocycles. The zero-order chi connectivity index (χ0) is 30.6. The minimum Gasteiger partial charge on any atom is -0.497 e. The summed E-state index contributed by atoms with van der Waals surface area (Å²) in [5.74, 6) is 1.36. The Morgan fingerprint density at radius 1 is 0.930 bits per heavy atom. The minimum absolute atomic E-state index is 0.104. The summed E-state index contributed by atoms with van der Waals surface area (Å²) in [6.45, 7) is 1.50. The number of benzene rings is 3. The lowest BCUT2D eigenvalue weighted by Gasteiger charge is -2.39. The van der Waals surface area contributed by atoms with Gasteiger partial charge >= 0.3 is 12.9 Å². The summed E-state index contributed by atoms with van der Waals surface area (Å²) in [4.78, 5) is 27.2. The smallest absolute Gasteiger partial charge is 0.497 e. The van der Waals surface area contributed by atoms with Gasteiger partial charge in [0, 0.05) is 18.2 Å². The highest BCUT2D eigenvalue weighted by Crippen LogP contribution is 2.46. The van der Waals surface area contributed by atoms with E-state index >= 15 is 0 Å². The van der Waals surface area contributed by atoms with Crippen LogP contribution in [0.4, 0.5) is 0 Å². The van der Waals surface area contributed by atoms with E-state index in [1.54, 1.807) is 21.1 Å². The van der Waals surface area contributed by atoms with Gasteiger partial charge in [0.1, 0.15) is 48.3 Å². The van der Waals surface area contributed by atoms with E-state index in [4.69, 9.17) is 23.5 Å². The van der Waals surface area contributed by atoms with Crippen LogP contribution in [0.3, 0.4) is 0 Å². The van der Waals surface area contributed by atoms with Gasteiger partial charge < -0.3 is 18.9 Å². The lowest BCUT2D eigenvalue weighted by Crippen LogP contribution is -2.41. The van der Waals surface area contributed by atoms with Gasteiger partial charge in [0.25, 0.3) is 5.56 Å². The van der Waals surface area contributed by atoms with Crippen molar-refractivity contribution in [3.63, 3.8) is 0 Å². The molecule has 4 aromatic rings. The number of thiol groups is 1. The Hall–Kier alpha value is -3.73. The Morgan fingerprint density at radius 2 is 1.49 bits per heavy atom. The van der Waals surface area contributed by atoms with E-state index < -0.39 is 42.5 Å². The summed E-state index contributed by atoms with van der Waals surface area (Å²) in [7, 11) is 0.977. The summed E-state index contributed by atoms with van der Waals surface area (Å²) in [5.41, 5.74) is 0.563. The van der Waals surface area contributed by atoms with Crippen molar-refractivity contribution < 1.29 is 28.0 Å². The highest BCUT2D eigenvalue weighted by molar-refractivity contribution is 8.39. The maximum atomic E-state index is 12.8. The number of rotatable bonds is 11. The largest absolute Gasteiger partial charge is 0.582 e. The number of nitrogens with zero attached hydrogens (tertiary/aromatic N) is 1. The standard InChI is InChI=1S/C31H31N2O8PS/c1-20-18-33(30(35)32-29(20)34)28-17-26(27(40-28)19-39-42(36)43)41-31(21-7-5-4-6-8-21,22-9-13-24(37-2)14-10-22)23-11-15-25(38-3)16-12-23/h4-16,18,26-28H,17,19H2,1-3H3,(H-,32,34,35,36,43)/p+1/t26-,27+,28+/m0/s1. The molecule has 12 heteroatoms. The first-order valence-electron chi connectivity index (χ1n) is 13.5. The van der Waals surface area contributed by atoms with Crippen LogP contribution in [0.5, 0.6) is 11.5 Å². The molecule has 1 aliphatic rings. The van der Waals surface area contributed by atoms with Crippen molar-refractivity contribution in [1.82, 2.24) is 9.55 Å². The second kappa shape index (κ2) is 13.3. The molecule has 1 saturated heterocycles. The van der Waals surface area contributed by atoms with Crippen molar-refractivity contribution >= 4 is 19.5 Å². The van der Waals surface area contributed by atoms with E-state index in [1.807, 2.05) is 78.9 Å². The summed E-state index contributed by atoms with van der Waals surface area (Å²) < 4.78 is 42.9. The maximum Gasteiger partial charge on any atom is 0.582 e. The molecule has 1 N–H and O–H groups in total. The number of hydrogen-bond donors (Lipinski definition) is 2. The van der Waals surface area contributed by atoms with E-state index in [2.05, 4.69) is 17.2 Å². The van der Waals surface area contributed by atoms with E-state index in [1.165, 1.54) is 10.8 Å². The van der Waals surface area contributed by atoms with Gasteiger partial charge in [0.15, 0.2) is 0 Å². The first kappa shape index (κ1) is 30.7. The molecule has 2 heterocycles. The van der Waals surface area contributed by atoms with Crippen LogP contribution in [0.25, 0.3) is 0 Å². The topological polar surface area (TPSA) is 118 Å². The molecule has 1 fully saturated rings. The summed E-state index contributed by atoms with van der Waals surface area (Å²) in [5, 5.41) is 0. The van der Waals surface area contributed by atoms with Crippen molar-refractivity contribution in [3.05, 3.63) is 128 Å². The molecule has 1 aliphatic heterocycles. The molecule has 0 aliphatic carbocycles. The predicted molar refractivity (Wildman–Crippen MR) is 164 cm³/mol. The molecule has 0 spiro atoms. The Morgan fingerprint density at radius 3 is 2.02 bits per heavy atom. The number of aromatic amines is 1. The van der Waals surface area contributed by atoms with Crippen LogP contribution in [0.1, 0.15) is 34.9 Å². The number of aryl methyl sites for hydroxylation is 1. The molecule has 10 nitrogen and oxygen atoms in total. The monoisotopic (exact) mass is 623 g/mol. The maximum absolute atomic E-state index is 12.8. The quantitative estimate of drug-likeness (QED) is 0.134. The van der Waals surface area contributed by atoms with Crippen LogP contribution in [0, 0.1) is 6.92 Å². The summed E-state index contributed by atoms with van der Waals surface area (Å²) >= 11 is 3.90. The van der Waals surface area contributed by atoms with Crippen LogP contribution in [-0.4, -0.2) is 42.6 Å². The molecule has 1 aromatic heterocycles. The molecule has 0 bridgehead atoms. The van der Waals surface area contributed by atoms with Crippen LogP contribution in [0.15, 0.2) is 94.6 Å². The van der Waals surface area contributed by atoms with Gasteiger partial charge in [-0.2, -0.15) is 0 Å². The average molecular weight is 624 g/mol. The summed E-state index contributed by atoms with van der Waals surface area (Å²) in [6.07, 6.45) is -0.516. The zero-order valence-electron chi connectivity index (χ0n) is 23.8. The number of aromatic nitrogens is 2. The number of ether oxygens (including phenoxy) is 4. The number of methoxy groups -OCH3 is 2. The Bertz CT molecular complexity index is 1630. The van der Waals surface area contributed by atoms with E-state index in [-0.39, 0.29) is 13.0 Å². The zero-order valence-corrected chi connectivity index (χ0v) is 25.6. The first-order valence-corrected chi connectivity index (χ1v) is 15.9. The van der Waals surface area contributed by atoms with Crippen molar-refractivity contribution in [2.45, 2.75) is 37.4 Å². The Balaban J connectivity index is 1.66. The fraction of sp³-hybridized carbons (Fsp3) is 0.290. The molecule has 224 valence electrons. The highest BCUT2D eigenvalue weighted by Gasteiger charge is 2.47. The SMILES string of the molecule is COc1ccc(C(O[C@H]2C[C@H](n3cc(C)c(=O)[nH]c3=O)O[C@@H]2CO[P+](=O)S)(c2ccccc2)c2ccc(OC)cc2)cc1. The Labute approximate surface area is 254 Å². The molecule has 5 rings (SSSR count). The fourth-order valence-corrected chi connectivity index (χ4v) is 5.81. The molecule has 0 radical (unpaired) electrons.